The van der Waals surface area contributed by atoms with Crippen molar-refractivity contribution in [1.29, 1.82) is 0 Å². The van der Waals surface area contributed by atoms with E-state index in [1.54, 1.807) is 6.07 Å². The number of pyridine rings is 1. The van der Waals surface area contributed by atoms with Crippen molar-refractivity contribution in [3.63, 3.8) is 0 Å². The molecule has 1 fully saturated rings. The topological polar surface area (TPSA) is 66.0 Å². The SMILES string of the molecule is CNCCN(C)Cc1cn[nH]c1-c1ccn(CC2CCCC2)c(=O)c1. The van der Waals surface area contributed by atoms with E-state index in [2.05, 4.69) is 27.5 Å². The highest BCUT2D eigenvalue weighted by molar-refractivity contribution is 5.61. The molecule has 6 heteroatoms. The molecule has 136 valence electrons. The maximum atomic E-state index is 12.5. The summed E-state index contributed by atoms with van der Waals surface area (Å²) in [6, 6.07) is 3.76. The summed E-state index contributed by atoms with van der Waals surface area (Å²) in [5.74, 6) is 0.659. The Labute approximate surface area is 149 Å². The Morgan fingerprint density at radius 1 is 1.40 bits per heavy atom. The molecule has 1 aliphatic rings. The van der Waals surface area contributed by atoms with Crippen LogP contribution in [0.25, 0.3) is 11.3 Å². The molecule has 0 saturated heterocycles. The smallest absolute Gasteiger partial charge is 0.251 e. The van der Waals surface area contributed by atoms with Crippen LogP contribution in [0.2, 0.25) is 0 Å². The van der Waals surface area contributed by atoms with Crippen molar-refractivity contribution in [3.05, 3.63) is 40.4 Å². The standard InChI is InChI=1S/C19H29N5O/c1-20-8-10-23(2)14-17-12-21-22-19(17)16-7-9-24(18(25)11-16)13-15-5-3-4-6-15/h7,9,11-12,15,20H,3-6,8,10,13-14H2,1-2H3,(H,21,22). The van der Waals surface area contributed by atoms with Crippen LogP contribution in [0.15, 0.2) is 29.3 Å². The first-order chi connectivity index (χ1) is 12.2. The van der Waals surface area contributed by atoms with Crippen molar-refractivity contribution in [2.24, 2.45) is 5.92 Å². The van der Waals surface area contributed by atoms with E-state index in [0.29, 0.717) is 5.92 Å². The van der Waals surface area contributed by atoms with Crippen LogP contribution < -0.4 is 10.9 Å². The lowest BCUT2D eigenvalue weighted by Crippen LogP contribution is -2.27. The van der Waals surface area contributed by atoms with Gasteiger partial charge in [-0.2, -0.15) is 5.10 Å². The Morgan fingerprint density at radius 3 is 2.92 bits per heavy atom. The third-order valence-electron chi connectivity index (χ3n) is 5.12. The average Bonchev–Trinajstić information content (AvgIpc) is 3.27. The van der Waals surface area contributed by atoms with Gasteiger partial charge in [0.15, 0.2) is 0 Å². The Balaban J connectivity index is 1.73. The molecule has 0 aliphatic heterocycles. The minimum atomic E-state index is 0.0773. The van der Waals surface area contributed by atoms with Crippen LogP contribution in [-0.4, -0.2) is 46.8 Å². The lowest BCUT2D eigenvalue weighted by molar-refractivity contribution is 0.328. The number of likely N-dealkylation sites (N-methyl/N-ethyl adjacent to an activating group) is 2. The van der Waals surface area contributed by atoms with Crippen LogP contribution in [0.3, 0.4) is 0 Å². The number of hydrogen-bond donors (Lipinski definition) is 2. The van der Waals surface area contributed by atoms with E-state index < -0.39 is 0 Å². The molecule has 6 nitrogen and oxygen atoms in total. The van der Waals surface area contributed by atoms with Crippen molar-refractivity contribution in [1.82, 2.24) is 25.0 Å². The van der Waals surface area contributed by atoms with Crippen LogP contribution in [0.1, 0.15) is 31.2 Å². The van der Waals surface area contributed by atoms with Gasteiger partial charge in [0.2, 0.25) is 0 Å². The van der Waals surface area contributed by atoms with Gasteiger partial charge < -0.3 is 14.8 Å². The molecule has 0 atom stereocenters. The highest BCUT2D eigenvalue weighted by Gasteiger charge is 2.16. The second-order valence-corrected chi connectivity index (χ2v) is 7.17. The van der Waals surface area contributed by atoms with E-state index >= 15 is 0 Å². The molecule has 1 saturated carbocycles. The predicted molar refractivity (Wildman–Crippen MR) is 101 cm³/mol. The van der Waals surface area contributed by atoms with E-state index in [1.165, 1.54) is 25.7 Å². The molecule has 0 unspecified atom stereocenters. The van der Waals surface area contributed by atoms with Gasteiger partial charge in [-0.3, -0.25) is 9.89 Å². The molecule has 1 aliphatic carbocycles. The Bertz CT molecular complexity index is 729. The predicted octanol–water partition coefficient (Wildman–Crippen LogP) is 2.08. The minimum absolute atomic E-state index is 0.0773. The summed E-state index contributed by atoms with van der Waals surface area (Å²) in [4.78, 5) is 14.8. The van der Waals surface area contributed by atoms with Crippen molar-refractivity contribution in [2.45, 2.75) is 38.8 Å². The summed E-state index contributed by atoms with van der Waals surface area (Å²) >= 11 is 0. The van der Waals surface area contributed by atoms with Gasteiger partial charge in [0, 0.05) is 49.6 Å². The van der Waals surface area contributed by atoms with Crippen LogP contribution >= 0.6 is 0 Å². The molecule has 0 aromatic carbocycles. The largest absolute Gasteiger partial charge is 0.318 e. The first-order valence-corrected chi connectivity index (χ1v) is 9.23. The summed E-state index contributed by atoms with van der Waals surface area (Å²) in [7, 11) is 4.05. The number of aromatic amines is 1. The second kappa shape index (κ2) is 8.45. The number of nitrogens with one attached hydrogen (secondary N) is 2. The number of hydrogen-bond acceptors (Lipinski definition) is 4. The van der Waals surface area contributed by atoms with Crippen LogP contribution in [0, 0.1) is 5.92 Å². The van der Waals surface area contributed by atoms with E-state index in [-0.39, 0.29) is 5.56 Å². The fourth-order valence-corrected chi connectivity index (χ4v) is 3.64. The van der Waals surface area contributed by atoms with Gasteiger partial charge in [-0.15, -0.1) is 0 Å². The molecule has 0 radical (unpaired) electrons. The average molecular weight is 343 g/mol. The molecule has 25 heavy (non-hydrogen) atoms. The van der Waals surface area contributed by atoms with Crippen molar-refractivity contribution >= 4 is 0 Å². The third kappa shape index (κ3) is 4.58. The van der Waals surface area contributed by atoms with Gasteiger partial charge >= 0.3 is 0 Å². The molecule has 2 N–H and O–H groups in total. The van der Waals surface area contributed by atoms with Gasteiger partial charge in [0.1, 0.15) is 0 Å². The number of aromatic nitrogens is 3. The summed E-state index contributed by atoms with van der Waals surface area (Å²) in [5, 5.41) is 10.4. The monoisotopic (exact) mass is 343 g/mol. The second-order valence-electron chi connectivity index (χ2n) is 7.17. The molecule has 3 rings (SSSR count). The molecule has 2 aromatic heterocycles. The van der Waals surface area contributed by atoms with E-state index in [9.17, 15) is 4.79 Å². The first kappa shape index (κ1) is 17.9. The molecule has 0 amide bonds. The van der Waals surface area contributed by atoms with E-state index in [4.69, 9.17) is 0 Å². The van der Waals surface area contributed by atoms with Gasteiger partial charge in [-0.25, -0.2) is 0 Å². The van der Waals surface area contributed by atoms with Crippen LogP contribution in [0.5, 0.6) is 0 Å². The molecule has 0 bridgehead atoms. The third-order valence-corrected chi connectivity index (χ3v) is 5.12. The molecule has 2 aromatic rings. The maximum Gasteiger partial charge on any atom is 0.251 e. The zero-order valence-corrected chi connectivity index (χ0v) is 15.3. The molecular formula is C19H29N5O. The zero-order valence-electron chi connectivity index (χ0n) is 15.3. The summed E-state index contributed by atoms with van der Waals surface area (Å²) in [6.07, 6.45) is 8.89. The molecule has 0 spiro atoms. The van der Waals surface area contributed by atoms with Gasteiger partial charge in [0.25, 0.3) is 5.56 Å². The normalized spacial score (nSPS) is 15.3. The number of nitrogens with zero attached hydrogens (tertiary/aromatic N) is 3. The van der Waals surface area contributed by atoms with Gasteiger partial charge in [-0.1, -0.05) is 12.8 Å². The first-order valence-electron chi connectivity index (χ1n) is 9.23. The quantitative estimate of drug-likeness (QED) is 0.770. The summed E-state index contributed by atoms with van der Waals surface area (Å²) in [5.41, 5.74) is 3.06. The van der Waals surface area contributed by atoms with E-state index in [0.717, 1.165) is 43.0 Å². The fourth-order valence-electron chi connectivity index (χ4n) is 3.64. The fraction of sp³-hybridized carbons (Fsp3) is 0.579. The van der Waals surface area contributed by atoms with Gasteiger partial charge in [-0.05, 0) is 38.9 Å². The Kier molecular flexibility index (Phi) is 6.04. The molecule has 2 heterocycles. The highest BCUT2D eigenvalue weighted by atomic mass is 16.1. The van der Waals surface area contributed by atoms with Crippen LogP contribution in [0.4, 0.5) is 0 Å². The zero-order chi connectivity index (χ0) is 17.6. The van der Waals surface area contributed by atoms with Crippen LogP contribution in [-0.2, 0) is 13.1 Å². The maximum absolute atomic E-state index is 12.5. The minimum Gasteiger partial charge on any atom is -0.318 e. The van der Waals surface area contributed by atoms with Crippen molar-refractivity contribution in [3.8, 4) is 11.3 Å². The number of rotatable bonds is 8. The lowest BCUT2D eigenvalue weighted by Gasteiger charge is -2.16. The summed E-state index contributed by atoms with van der Waals surface area (Å²) in [6.45, 7) is 3.56. The van der Waals surface area contributed by atoms with Gasteiger partial charge in [0.05, 0.1) is 11.9 Å². The highest BCUT2D eigenvalue weighted by Crippen LogP contribution is 2.26. The van der Waals surface area contributed by atoms with E-state index in [1.807, 2.05) is 30.1 Å². The van der Waals surface area contributed by atoms with Crippen molar-refractivity contribution in [2.75, 3.05) is 27.2 Å². The summed E-state index contributed by atoms with van der Waals surface area (Å²) < 4.78 is 1.86. The lowest BCUT2D eigenvalue weighted by atomic mass is 10.1. The Hall–Kier alpha value is -1.92. The number of H-pyrrole nitrogens is 1. The molecular weight excluding hydrogens is 314 g/mol. The Morgan fingerprint density at radius 2 is 2.20 bits per heavy atom. The van der Waals surface area contributed by atoms with Crippen molar-refractivity contribution < 1.29 is 0 Å².